The van der Waals surface area contributed by atoms with Gasteiger partial charge in [0.25, 0.3) is 5.91 Å². The summed E-state index contributed by atoms with van der Waals surface area (Å²) in [5.41, 5.74) is 5.80. The zero-order chi connectivity index (χ0) is 16.0. The van der Waals surface area contributed by atoms with Crippen molar-refractivity contribution < 1.29 is 19.4 Å². The number of rotatable bonds is 4. The summed E-state index contributed by atoms with van der Waals surface area (Å²) in [6, 6.07) is 6.37. The van der Waals surface area contributed by atoms with Crippen LogP contribution in [0.4, 0.5) is 4.79 Å². The van der Waals surface area contributed by atoms with Crippen LogP contribution < -0.4 is 5.73 Å². The molecule has 0 fully saturated rings. The number of amides is 2. The highest BCUT2D eigenvalue weighted by atomic mass is 16.6. The Hall–Kier alpha value is -1.92. The van der Waals surface area contributed by atoms with Crippen LogP contribution in [0.15, 0.2) is 24.3 Å². The van der Waals surface area contributed by atoms with Crippen molar-refractivity contribution in [2.75, 3.05) is 13.1 Å². The van der Waals surface area contributed by atoms with Crippen LogP contribution in [0.25, 0.3) is 0 Å². The Morgan fingerprint density at radius 1 is 1.24 bits per heavy atom. The van der Waals surface area contributed by atoms with Gasteiger partial charge in [0.15, 0.2) is 0 Å². The van der Waals surface area contributed by atoms with Crippen molar-refractivity contribution >= 4 is 12.0 Å². The molecule has 1 aromatic rings. The number of benzene rings is 1. The van der Waals surface area contributed by atoms with Crippen LogP contribution in [0.3, 0.4) is 0 Å². The molecule has 0 aromatic heterocycles. The van der Waals surface area contributed by atoms with Gasteiger partial charge in [0.05, 0.1) is 6.61 Å². The van der Waals surface area contributed by atoms with Crippen LogP contribution in [-0.4, -0.2) is 40.7 Å². The number of ether oxygens (including phenoxy) is 1. The number of hydrogen-bond donors (Lipinski definition) is 2. The summed E-state index contributed by atoms with van der Waals surface area (Å²) in [6.07, 6.45) is -0.718. The van der Waals surface area contributed by atoms with Gasteiger partial charge in [-0.05, 0) is 38.5 Å². The molecule has 0 unspecified atom stereocenters. The monoisotopic (exact) mass is 294 g/mol. The molecular formula is C15H22N2O4. The molecule has 0 aliphatic rings. The summed E-state index contributed by atoms with van der Waals surface area (Å²) in [5, 5.41) is 8.99. The molecule has 0 aliphatic carbocycles. The summed E-state index contributed by atoms with van der Waals surface area (Å²) in [7, 11) is 0. The van der Waals surface area contributed by atoms with Gasteiger partial charge < -0.3 is 15.6 Å². The molecule has 0 bridgehead atoms. The smallest absolute Gasteiger partial charge is 0.417 e. The number of imide groups is 1. The van der Waals surface area contributed by atoms with E-state index in [0.29, 0.717) is 11.1 Å². The van der Waals surface area contributed by atoms with Crippen LogP contribution in [0, 0.1) is 0 Å². The van der Waals surface area contributed by atoms with E-state index in [1.807, 2.05) is 0 Å². The third kappa shape index (κ3) is 5.17. The van der Waals surface area contributed by atoms with E-state index in [1.165, 1.54) is 0 Å². The van der Waals surface area contributed by atoms with Gasteiger partial charge in [-0.1, -0.05) is 12.1 Å². The molecule has 2 amide bonds. The van der Waals surface area contributed by atoms with E-state index in [4.69, 9.17) is 15.6 Å². The van der Waals surface area contributed by atoms with Gasteiger partial charge in [-0.3, -0.25) is 4.79 Å². The molecule has 0 aliphatic heterocycles. The van der Waals surface area contributed by atoms with Gasteiger partial charge >= 0.3 is 6.09 Å². The van der Waals surface area contributed by atoms with Gasteiger partial charge in [0.2, 0.25) is 0 Å². The number of carbonyl (C=O) groups excluding carboxylic acids is 2. The summed E-state index contributed by atoms with van der Waals surface area (Å²) in [5.74, 6) is -0.473. The standard InChI is InChI=1S/C15H22N2O4/c1-15(2,3)21-14(20)17(9-8-16)13(19)12-6-4-11(10-18)5-7-12/h4-7,18H,8-10,16H2,1-3H3. The Kier molecular flexibility index (Phi) is 5.87. The molecule has 21 heavy (non-hydrogen) atoms. The summed E-state index contributed by atoms with van der Waals surface area (Å²) >= 11 is 0. The van der Waals surface area contributed by atoms with Gasteiger partial charge in [-0.2, -0.15) is 0 Å². The van der Waals surface area contributed by atoms with Crippen molar-refractivity contribution in [3.8, 4) is 0 Å². The van der Waals surface area contributed by atoms with E-state index < -0.39 is 17.6 Å². The minimum atomic E-state index is -0.718. The number of nitrogens with zero attached hydrogens (tertiary/aromatic N) is 1. The SMILES string of the molecule is CC(C)(C)OC(=O)N(CCN)C(=O)c1ccc(CO)cc1. The number of hydrogen-bond acceptors (Lipinski definition) is 5. The Balaban J connectivity index is 2.92. The highest BCUT2D eigenvalue weighted by Gasteiger charge is 2.27. The molecule has 1 rings (SSSR count). The van der Waals surface area contributed by atoms with E-state index in [0.717, 1.165) is 4.90 Å². The van der Waals surface area contributed by atoms with Gasteiger partial charge in [-0.15, -0.1) is 0 Å². The van der Waals surface area contributed by atoms with Crippen molar-refractivity contribution in [2.24, 2.45) is 5.73 Å². The zero-order valence-electron chi connectivity index (χ0n) is 12.6. The van der Waals surface area contributed by atoms with Crippen molar-refractivity contribution in [1.29, 1.82) is 0 Å². The van der Waals surface area contributed by atoms with E-state index in [9.17, 15) is 9.59 Å². The molecular weight excluding hydrogens is 272 g/mol. The topological polar surface area (TPSA) is 92.9 Å². The third-order valence-corrected chi connectivity index (χ3v) is 2.60. The first-order chi connectivity index (χ1) is 9.78. The van der Waals surface area contributed by atoms with Crippen molar-refractivity contribution in [2.45, 2.75) is 33.0 Å². The second-order valence-electron chi connectivity index (χ2n) is 5.58. The van der Waals surface area contributed by atoms with Crippen LogP contribution in [0.5, 0.6) is 0 Å². The minimum Gasteiger partial charge on any atom is -0.443 e. The maximum atomic E-state index is 12.4. The van der Waals surface area contributed by atoms with Crippen LogP contribution >= 0.6 is 0 Å². The maximum Gasteiger partial charge on any atom is 0.417 e. The van der Waals surface area contributed by atoms with Gasteiger partial charge in [0, 0.05) is 18.7 Å². The summed E-state index contributed by atoms with van der Waals surface area (Å²) in [6.45, 7) is 5.31. The fourth-order valence-electron chi connectivity index (χ4n) is 1.63. The van der Waals surface area contributed by atoms with Gasteiger partial charge in [-0.25, -0.2) is 9.69 Å². The van der Waals surface area contributed by atoms with E-state index in [2.05, 4.69) is 0 Å². The normalized spacial score (nSPS) is 11.1. The quantitative estimate of drug-likeness (QED) is 0.878. The first kappa shape index (κ1) is 17.1. The van der Waals surface area contributed by atoms with Crippen molar-refractivity contribution in [3.05, 3.63) is 35.4 Å². The van der Waals surface area contributed by atoms with Crippen molar-refractivity contribution in [3.63, 3.8) is 0 Å². The van der Waals surface area contributed by atoms with E-state index >= 15 is 0 Å². The molecule has 0 spiro atoms. The average molecular weight is 294 g/mol. The second kappa shape index (κ2) is 7.19. The Bertz CT molecular complexity index is 491. The lowest BCUT2D eigenvalue weighted by Crippen LogP contribution is -2.43. The molecule has 0 radical (unpaired) electrons. The fraction of sp³-hybridized carbons (Fsp3) is 0.467. The van der Waals surface area contributed by atoms with Gasteiger partial charge in [0.1, 0.15) is 5.60 Å². The van der Waals surface area contributed by atoms with E-state index in [-0.39, 0.29) is 19.7 Å². The molecule has 0 saturated heterocycles. The minimum absolute atomic E-state index is 0.0789. The highest BCUT2D eigenvalue weighted by molar-refractivity contribution is 6.03. The predicted octanol–water partition coefficient (Wildman–Crippen LogP) is 1.51. The number of aliphatic hydroxyl groups excluding tert-OH is 1. The first-order valence-corrected chi connectivity index (χ1v) is 6.73. The lowest BCUT2D eigenvalue weighted by molar-refractivity contribution is 0.0246. The van der Waals surface area contributed by atoms with Crippen LogP contribution in [0.2, 0.25) is 0 Å². The Morgan fingerprint density at radius 2 is 1.81 bits per heavy atom. The molecule has 0 saturated carbocycles. The lowest BCUT2D eigenvalue weighted by atomic mass is 10.1. The van der Waals surface area contributed by atoms with Crippen LogP contribution in [0.1, 0.15) is 36.7 Å². The number of nitrogens with two attached hydrogens (primary N) is 1. The zero-order valence-corrected chi connectivity index (χ0v) is 12.6. The molecule has 0 atom stereocenters. The maximum absolute atomic E-state index is 12.4. The molecule has 0 heterocycles. The number of carbonyl (C=O) groups is 2. The van der Waals surface area contributed by atoms with Crippen molar-refractivity contribution in [1.82, 2.24) is 4.90 Å². The molecule has 3 N–H and O–H groups in total. The molecule has 116 valence electrons. The molecule has 6 heteroatoms. The largest absolute Gasteiger partial charge is 0.443 e. The second-order valence-corrected chi connectivity index (χ2v) is 5.58. The number of aliphatic hydroxyl groups is 1. The first-order valence-electron chi connectivity index (χ1n) is 6.73. The Labute approximate surface area is 124 Å². The fourth-order valence-corrected chi connectivity index (χ4v) is 1.63. The summed E-state index contributed by atoms with van der Waals surface area (Å²) in [4.78, 5) is 25.4. The average Bonchev–Trinajstić information content (AvgIpc) is 2.42. The predicted molar refractivity (Wildman–Crippen MR) is 78.7 cm³/mol. The molecule has 1 aromatic carbocycles. The Morgan fingerprint density at radius 3 is 2.24 bits per heavy atom. The van der Waals surface area contributed by atoms with Crippen LogP contribution in [-0.2, 0) is 11.3 Å². The lowest BCUT2D eigenvalue weighted by Gasteiger charge is -2.26. The molecule has 6 nitrogen and oxygen atoms in total. The van der Waals surface area contributed by atoms with E-state index in [1.54, 1.807) is 45.0 Å². The summed E-state index contributed by atoms with van der Waals surface area (Å²) < 4.78 is 5.21. The highest BCUT2D eigenvalue weighted by Crippen LogP contribution is 2.13. The third-order valence-electron chi connectivity index (χ3n) is 2.60.